The normalized spacial score (nSPS) is 27.7. The quantitative estimate of drug-likeness (QED) is 0.656. The van der Waals surface area contributed by atoms with Crippen LogP contribution in [0.1, 0.15) is 52.4 Å². The molecule has 8 nitrogen and oxygen atoms in total. The second kappa shape index (κ2) is 10.9. The maximum Gasteiger partial charge on any atom is 0.247 e. The maximum absolute atomic E-state index is 13.8. The summed E-state index contributed by atoms with van der Waals surface area (Å²) in [4.78, 5) is 46.1. The van der Waals surface area contributed by atoms with Crippen molar-refractivity contribution in [1.82, 2.24) is 20.1 Å². The van der Waals surface area contributed by atoms with Gasteiger partial charge in [0.1, 0.15) is 0 Å². The Kier molecular flexibility index (Phi) is 7.62. The molecule has 196 valence electrons. The number of hydrogen-bond acceptors (Lipinski definition) is 5. The van der Waals surface area contributed by atoms with Gasteiger partial charge < -0.3 is 9.80 Å². The number of amides is 3. The third-order valence-electron chi connectivity index (χ3n) is 8.79. The molecule has 1 N–H and O–H groups in total. The Hall–Kier alpha value is -2.45. The Morgan fingerprint density at radius 2 is 1.64 bits per heavy atom. The molecule has 1 aliphatic carbocycles. The molecule has 3 atom stereocenters. The Morgan fingerprint density at radius 1 is 0.972 bits per heavy atom. The number of carbonyl (C=O) groups excluding carboxylic acids is 3. The molecule has 3 amide bonds. The van der Waals surface area contributed by atoms with Crippen molar-refractivity contribution in [3.05, 3.63) is 30.3 Å². The van der Waals surface area contributed by atoms with Crippen LogP contribution in [-0.4, -0.2) is 83.8 Å². The van der Waals surface area contributed by atoms with E-state index >= 15 is 0 Å². The van der Waals surface area contributed by atoms with Gasteiger partial charge in [0.05, 0.1) is 23.6 Å². The van der Waals surface area contributed by atoms with E-state index in [0.29, 0.717) is 45.7 Å². The van der Waals surface area contributed by atoms with Crippen molar-refractivity contribution in [2.75, 3.05) is 44.3 Å². The first-order valence-electron chi connectivity index (χ1n) is 13.9. The van der Waals surface area contributed by atoms with E-state index in [1.54, 1.807) is 5.01 Å². The number of piperazine rings is 1. The van der Waals surface area contributed by atoms with Crippen molar-refractivity contribution in [1.29, 1.82) is 0 Å². The highest BCUT2D eigenvalue weighted by atomic mass is 16.2. The van der Waals surface area contributed by atoms with Gasteiger partial charge in [-0.25, -0.2) is 10.4 Å². The minimum Gasteiger partial charge on any atom is -0.339 e. The zero-order valence-corrected chi connectivity index (χ0v) is 21.8. The summed E-state index contributed by atoms with van der Waals surface area (Å²) in [7, 11) is 0. The van der Waals surface area contributed by atoms with Crippen LogP contribution in [0.2, 0.25) is 0 Å². The highest BCUT2D eigenvalue weighted by Crippen LogP contribution is 2.34. The molecule has 4 fully saturated rings. The minimum atomic E-state index is -0.298. The number of nitrogens with one attached hydrogen (secondary N) is 1. The summed E-state index contributed by atoms with van der Waals surface area (Å²) in [6.45, 7) is 7.89. The molecule has 36 heavy (non-hydrogen) atoms. The van der Waals surface area contributed by atoms with E-state index in [-0.39, 0.29) is 41.6 Å². The van der Waals surface area contributed by atoms with Crippen LogP contribution in [0.25, 0.3) is 0 Å². The lowest BCUT2D eigenvalue weighted by Crippen LogP contribution is -2.60. The number of rotatable bonds is 6. The fourth-order valence-electron chi connectivity index (χ4n) is 6.51. The monoisotopic (exact) mass is 495 g/mol. The second-order valence-electron chi connectivity index (χ2n) is 11.3. The van der Waals surface area contributed by atoms with Crippen molar-refractivity contribution in [3.63, 3.8) is 0 Å². The molecule has 1 aromatic rings. The van der Waals surface area contributed by atoms with Crippen molar-refractivity contribution < 1.29 is 14.4 Å². The van der Waals surface area contributed by atoms with Gasteiger partial charge in [0.15, 0.2) is 0 Å². The van der Waals surface area contributed by atoms with Crippen LogP contribution >= 0.6 is 0 Å². The summed E-state index contributed by atoms with van der Waals surface area (Å²) in [6, 6.07) is 9.65. The zero-order chi connectivity index (χ0) is 25.2. The van der Waals surface area contributed by atoms with Gasteiger partial charge in [-0.1, -0.05) is 43.9 Å². The summed E-state index contributed by atoms with van der Waals surface area (Å²) in [5, 5.41) is 1.64. The van der Waals surface area contributed by atoms with Crippen LogP contribution in [0.3, 0.4) is 0 Å². The summed E-state index contributed by atoms with van der Waals surface area (Å²) in [6.07, 6.45) is 6.79. The van der Waals surface area contributed by atoms with Gasteiger partial charge in [0.2, 0.25) is 17.7 Å². The van der Waals surface area contributed by atoms with Crippen molar-refractivity contribution in [2.24, 2.45) is 17.8 Å². The van der Waals surface area contributed by atoms with Gasteiger partial charge in [-0.3, -0.25) is 19.3 Å². The zero-order valence-electron chi connectivity index (χ0n) is 21.8. The molecule has 0 bridgehead atoms. The summed E-state index contributed by atoms with van der Waals surface area (Å²) < 4.78 is 0. The molecule has 4 aliphatic rings. The number of para-hydroxylation sites is 1. The molecule has 0 aromatic heterocycles. The van der Waals surface area contributed by atoms with Gasteiger partial charge in [0.25, 0.3) is 0 Å². The first kappa shape index (κ1) is 25.2. The number of hydrazine groups is 1. The number of hydrogen-bond donors (Lipinski definition) is 1. The van der Waals surface area contributed by atoms with E-state index in [4.69, 9.17) is 0 Å². The lowest BCUT2D eigenvalue weighted by molar-refractivity contribution is -0.145. The lowest BCUT2D eigenvalue weighted by Gasteiger charge is -2.43. The van der Waals surface area contributed by atoms with Crippen LogP contribution in [0.15, 0.2) is 30.3 Å². The Morgan fingerprint density at radius 3 is 2.31 bits per heavy atom. The fraction of sp³-hybridized carbons (Fsp3) is 0.679. The van der Waals surface area contributed by atoms with Gasteiger partial charge in [0, 0.05) is 51.7 Å². The number of carbonyl (C=O) groups is 3. The van der Waals surface area contributed by atoms with Crippen molar-refractivity contribution in [3.8, 4) is 0 Å². The fourth-order valence-corrected chi connectivity index (χ4v) is 6.51. The Bertz CT molecular complexity index is 940. The molecule has 3 saturated heterocycles. The standard InChI is InChI=1S/C28H41N5O3/c1-20(2)32-18-23(26-24(19-32)28(36)33(29-26)22-10-4-3-5-11-22)27(35)31-16-14-30(15-17-31)25(34)13-12-21-8-6-7-9-21/h3-5,10-11,20-21,23-24,26,29H,6-9,12-19H2,1-2H3. The predicted molar refractivity (Wildman–Crippen MR) is 139 cm³/mol. The maximum atomic E-state index is 13.8. The van der Waals surface area contributed by atoms with E-state index in [1.165, 1.54) is 25.7 Å². The van der Waals surface area contributed by atoms with Gasteiger partial charge >= 0.3 is 0 Å². The summed E-state index contributed by atoms with van der Waals surface area (Å²) in [5.74, 6) is 0.536. The van der Waals surface area contributed by atoms with Crippen LogP contribution in [0.5, 0.6) is 0 Å². The molecule has 5 rings (SSSR count). The molecule has 3 aliphatic heterocycles. The van der Waals surface area contributed by atoms with Crippen LogP contribution < -0.4 is 10.4 Å². The molecule has 0 spiro atoms. The molecule has 1 saturated carbocycles. The van der Waals surface area contributed by atoms with E-state index in [0.717, 1.165) is 18.0 Å². The molecule has 1 aromatic carbocycles. The highest BCUT2D eigenvalue weighted by molar-refractivity contribution is 5.98. The minimum absolute atomic E-state index is 0.0343. The lowest BCUT2D eigenvalue weighted by atomic mass is 9.83. The molecule has 3 heterocycles. The summed E-state index contributed by atoms with van der Waals surface area (Å²) in [5.41, 5.74) is 4.21. The number of likely N-dealkylation sites (tertiary alicyclic amines) is 1. The molecule has 0 radical (unpaired) electrons. The van der Waals surface area contributed by atoms with Crippen molar-refractivity contribution >= 4 is 23.4 Å². The van der Waals surface area contributed by atoms with Gasteiger partial charge in [-0.2, -0.15) is 0 Å². The average molecular weight is 496 g/mol. The SMILES string of the molecule is CC(C)N1CC(C(=O)N2CCN(C(=O)CCC3CCCC3)CC2)C2NN(c3ccccc3)C(=O)C2C1. The number of benzene rings is 1. The van der Waals surface area contributed by atoms with E-state index in [2.05, 4.69) is 24.2 Å². The average Bonchev–Trinajstić information content (AvgIpc) is 3.55. The number of piperidine rings is 1. The van der Waals surface area contributed by atoms with E-state index in [9.17, 15) is 14.4 Å². The number of nitrogens with zero attached hydrogens (tertiary/aromatic N) is 4. The van der Waals surface area contributed by atoms with E-state index < -0.39 is 0 Å². The second-order valence-corrected chi connectivity index (χ2v) is 11.3. The number of anilines is 1. The molecule has 8 heteroatoms. The highest BCUT2D eigenvalue weighted by Gasteiger charge is 2.52. The predicted octanol–water partition coefficient (Wildman–Crippen LogP) is 2.50. The third kappa shape index (κ3) is 5.16. The van der Waals surface area contributed by atoms with Crippen molar-refractivity contribution in [2.45, 2.75) is 64.5 Å². The number of fused-ring (bicyclic) bond motifs is 1. The smallest absolute Gasteiger partial charge is 0.247 e. The molecular weight excluding hydrogens is 454 g/mol. The first-order chi connectivity index (χ1) is 17.4. The Labute approximate surface area is 214 Å². The van der Waals surface area contributed by atoms with E-state index in [1.807, 2.05) is 40.1 Å². The molecular formula is C28H41N5O3. The van der Waals surface area contributed by atoms with Crippen LogP contribution in [-0.2, 0) is 14.4 Å². The topological polar surface area (TPSA) is 76.2 Å². The van der Waals surface area contributed by atoms with Gasteiger partial charge in [-0.05, 0) is 38.3 Å². The first-order valence-corrected chi connectivity index (χ1v) is 13.9. The molecule has 3 unspecified atom stereocenters. The largest absolute Gasteiger partial charge is 0.339 e. The van der Waals surface area contributed by atoms with Gasteiger partial charge in [-0.15, -0.1) is 0 Å². The summed E-state index contributed by atoms with van der Waals surface area (Å²) >= 11 is 0. The Balaban J connectivity index is 1.22. The van der Waals surface area contributed by atoms with Crippen LogP contribution in [0, 0.1) is 17.8 Å². The van der Waals surface area contributed by atoms with Crippen LogP contribution in [0.4, 0.5) is 5.69 Å². The third-order valence-corrected chi connectivity index (χ3v) is 8.79.